The van der Waals surface area contributed by atoms with Gasteiger partial charge in [0.05, 0.1) is 34.2 Å². The molecule has 0 aliphatic rings. The van der Waals surface area contributed by atoms with Gasteiger partial charge in [0.25, 0.3) is 0 Å². The number of ketones is 1. The lowest BCUT2D eigenvalue weighted by Gasteiger charge is -2.13. The van der Waals surface area contributed by atoms with Gasteiger partial charge in [-0.1, -0.05) is 222 Å². The van der Waals surface area contributed by atoms with Crippen LogP contribution in [0.5, 0.6) is 23.0 Å². The van der Waals surface area contributed by atoms with Gasteiger partial charge in [0.1, 0.15) is 17.1 Å². The first-order chi connectivity index (χ1) is 38.5. The lowest BCUT2D eigenvalue weighted by atomic mass is 10.1. The summed E-state index contributed by atoms with van der Waals surface area (Å²) in [5, 5.41) is 23.9. The zero-order chi connectivity index (χ0) is 56.5. The third-order valence-electron chi connectivity index (χ3n) is 13.8. The second kappa shape index (κ2) is 35.9. The molecule has 13 nitrogen and oxygen atoms in total. The van der Waals surface area contributed by atoms with Crippen LogP contribution >= 0.6 is 0 Å². The van der Waals surface area contributed by atoms with Crippen molar-refractivity contribution in [2.75, 3.05) is 13.2 Å². The Balaban J connectivity index is 1.07. The van der Waals surface area contributed by atoms with Crippen LogP contribution in [0.1, 0.15) is 228 Å². The molecule has 0 amide bonds. The van der Waals surface area contributed by atoms with E-state index in [1.807, 2.05) is 0 Å². The first-order valence-corrected chi connectivity index (χ1v) is 28.9. The molecule has 0 saturated carbocycles. The molecule has 0 spiro atoms. The zero-order valence-corrected chi connectivity index (χ0v) is 46.9. The second-order valence-electron chi connectivity index (χ2n) is 20.3. The molecule has 0 unspecified atom stereocenters. The molecule has 0 N–H and O–H groups in total. The summed E-state index contributed by atoms with van der Waals surface area (Å²) in [5.74, 6) is -1.69. The summed E-state index contributed by atoms with van der Waals surface area (Å²) in [7, 11) is 0. The molecule has 0 aliphatic carbocycles. The molecule has 0 atom stereocenters. The van der Waals surface area contributed by atoms with Crippen molar-refractivity contribution in [1.82, 2.24) is 0 Å². The van der Waals surface area contributed by atoms with Crippen LogP contribution in [0.15, 0.2) is 103 Å². The van der Waals surface area contributed by atoms with Gasteiger partial charge in [-0.3, -0.25) is 25.0 Å². The summed E-state index contributed by atoms with van der Waals surface area (Å²) in [6.45, 7) is 6.59. The number of nitro benzene ring substituents is 2. The molecule has 0 aliphatic heterocycles. The fourth-order valence-corrected chi connectivity index (χ4v) is 9.25. The minimum absolute atomic E-state index is 0.0882. The first kappa shape index (κ1) is 62.4. The van der Waals surface area contributed by atoms with Gasteiger partial charge >= 0.3 is 23.3 Å². The monoisotopic (exact) mass is 1080 g/mol. The lowest BCUT2D eigenvalue weighted by molar-refractivity contribution is -0.386. The molecule has 0 bridgehead atoms. The van der Waals surface area contributed by atoms with E-state index < -0.39 is 27.6 Å². The number of nitro groups is 2. The smallest absolute Gasteiger partial charge is 0.343 e. The van der Waals surface area contributed by atoms with Crippen molar-refractivity contribution in [3.63, 3.8) is 0 Å². The van der Waals surface area contributed by atoms with Crippen LogP contribution in [0.4, 0.5) is 11.4 Å². The highest BCUT2D eigenvalue weighted by Gasteiger charge is 2.22. The molecule has 0 aromatic heterocycles. The molecule has 0 heterocycles. The standard InChI is InChI=1S/C66H82N2O11/c1-4-6-8-10-12-14-16-18-20-22-24-26-47-76-60-45-39-54(49-58(60)67(72)73)33-31-52-35-41-56(42-36-52)65(70)78-62-29-28-30-63(64(62)51(3)69)79-66(71)57-43-37-53(38-44-57)32-34-55-40-46-61(59(50-55)68(74)75)77-48-27-25-23-21-19-17-15-13-11-9-7-5-2/h28-46,49-50H,4-27,47-48H2,1-3H3/b33-31+,34-32+. The quantitative estimate of drug-likeness (QED) is 0.00696. The Morgan fingerprint density at radius 3 is 1.03 bits per heavy atom. The van der Waals surface area contributed by atoms with E-state index >= 15 is 0 Å². The SMILES string of the molecule is CCCCCCCCCCCCCCOc1ccc(/C=C/c2ccc(C(=O)Oc3cccc(OC(=O)c4ccc(/C=C/c5ccc(OCCCCCCCCCCCCCC)c([N+](=O)[O-])c5)cc4)c3C(C)=O)cc2)cc1[N+](=O)[O-]. The third-order valence-corrected chi connectivity index (χ3v) is 13.8. The van der Waals surface area contributed by atoms with Gasteiger partial charge in [0.2, 0.25) is 0 Å². The maximum Gasteiger partial charge on any atom is 0.343 e. The molecule has 5 rings (SSSR count). The second-order valence-corrected chi connectivity index (χ2v) is 20.3. The number of hydrogen-bond acceptors (Lipinski definition) is 11. The van der Waals surface area contributed by atoms with Crippen molar-refractivity contribution in [2.45, 2.75) is 175 Å². The van der Waals surface area contributed by atoms with Crippen molar-refractivity contribution < 1.29 is 43.2 Å². The van der Waals surface area contributed by atoms with Crippen LogP contribution in [0, 0.1) is 20.2 Å². The number of unbranched alkanes of at least 4 members (excludes halogenated alkanes) is 22. The van der Waals surface area contributed by atoms with Crippen molar-refractivity contribution >= 4 is 53.4 Å². The van der Waals surface area contributed by atoms with E-state index in [0.29, 0.717) is 24.3 Å². The Bertz CT molecular complexity index is 2570. The van der Waals surface area contributed by atoms with Gasteiger partial charge < -0.3 is 18.9 Å². The number of ether oxygens (including phenoxy) is 4. The summed E-state index contributed by atoms with van der Waals surface area (Å²) in [6, 6.07) is 27.1. The van der Waals surface area contributed by atoms with E-state index in [9.17, 15) is 34.6 Å². The summed E-state index contributed by atoms with van der Waals surface area (Å²) in [6.07, 6.45) is 36.4. The third kappa shape index (κ3) is 22.8. The Hall–Kier alpha value is -7.41. The number of rotatable bonds is 39. The highest BCUT2D eigenvalue weighted by atomic mass is 16.6. The molecule has 79 heavy (non-hydrogen) atoms. The van der Waals surface area contributed by atoms with Crippen molar-refractivity contribution in [3.8, 4) is 23.0 Å². The van der Waals surface area contributed by atoms with E-state index in [1.165, 1.54) is 153 Å². The van der Waals surface area contributed by atoms with E-state index in [4.69, 9.17) is 18.9 Å². The van der Waals surface area contributed by atoms with Crippen LogP contribution in [-0.4, -0.2) is 40.8 Å². The predicted octanol–water partition coefficient (Wildman–Crippen LogP) is 18.6. The van der Waals surface area contributed by atoms with Crippen molar-refractivity contribution in [3.05, 3.63) is 162 Å². The summed E-state index contributed by atoms with van der Waals surface area (Å²) in [4.78, 5) is 62.7. The van der Waals surface area contributed by atoms with Crippen LogP contribution in [0.25, 0.3) is 24.3 Å². The number of Topliss-reactive ketones (excluding diaryl/α,β-unsaturated/α-hetero) is 1. The normalized spacial score (nSPS) is 11.3. The number of carbonyl (C=O) groups excluding carboxylic acids is 3. The summed E-state index contributed by atoms with van der Waals surface area (Å²) < 4.78 is 23.0. The largest absolute Gasteiger partial charge is 0.487 e. The summed E-state index contributed by atoms with van der Waals surface area (Å²) in [5.41, 5.74) is 2.73. The molecule has 0 fully saturated rings. The Kier molecular flexibility index (Phi) is 28.4. The van der Waals surface area contributed by atoms with E-state index in [0.717, 1.165) is 49.7 Å². The molecular formula is C66H82N2O11. The number of esters is 2. The molecule has 0 radical (unpaired) electrons. The topological polar surface area (TPSA) is 174 Å². The van der Waals surface area contributed by atoms with Crippen LogP contribution in [0.2, 0.25) is 0 Å². The van der Waals surface area contributed by atoms with Crippen LogP contribution < -0.4 is 18.9 Å². The maximum absolute atomic E-state index is 13.4. The summed E-state index contributed by atoms with van der Waals surface area (Å²) >= 11 is 0. The Morgan fingerprint density at radius 2 is 0.709 bits per heavy atom. The average molecular weight is 1080 g/mol. The van der Waals surface area contributed by atoms with Gasteiger partial charge in [0.15, 0.2) is 17.3 Å². The highest BCUT2D eigenvalue weighted by Crippen LogP contribution is 2.33. The fraction of sp³-hybridized carbons (Fsp3) is 0.439. The number of nitrogens with zero attached hydrogens (tertiary/aromatic N) is 2. The van der Waals surface area contributed by atoms with E-state index in [2.05, 4.69) is 13.8 Å². The minimum atomic E-state index is -0.747. The highest BCUT2D eigenvalue weighted by molar-refractivity contribution is 6.03. The predicted molar refractivity (Wildman–Crippen MR) is 316 cm³/mol. The van der Waals surface area contributed by atoms with Crippen molar-refractivity contribution in [1.29, 1.82) is 0 Å². The van der Waals surface area contributed by atoms with Gasteiger partial charge in [-0.15, -0.1) is 0 Å². The van der Waals surface area contributed by atoms with Gasteiger partial charge in [0, 0.05) is 12.1 Å². The Labute approximate surface area is 468 Å². The Morgan fingerprint density at radius 1 is 0.405 bits per heavy atom. The van der Waals surface area contributed by atoms with Crippen LogP contribution in [0.3, 0.4) is 0 Å². The van der Waals surface area contributed by atoms with Crippen LogP contribution in [-0.2, 0) is 0 Å². The first-order valence-electron chi connectivity index (χ1n) is 28.9. The molecule has 0 saturated heterocycles. The molecule has 5 aromatic carbocycles. The molecule has 5 aromatic rings. The average Bonchev–Trinajstić information content (AvgIpc) is 3.45. The fourth-order valence-electron chi connectivity index (χ4n) is 9.25. The minimum Gasteiger partial charge on any atom is -0.487 e. The number of carbonyl (C=O) groups is 3. The molecule has 13 heteroatoms. The number of hydrogen-bond donors (Lipinski definition) is 0. The van der Waals surface area contributed by atoms with Gasteiger partial charge in [-0.25, -0.2) is 9.59 Å². The van der Waals surface area contributed by atoms with E-state index in [1.54, 1.807) is 97.1 Å². The van der Waals surface area contributed by atoms with E-state index in [-0.39, 0.29) is 51.1 Å². The maximum atomic E-state index is 13.4. The molecular weight excluding hydrogens is 997 g/mol. The lowest BCUT2D eigenvalue weighted by Crippen LogP contribution is -2.14. The van der Waals surface area contributed by atoms with Crippen molar-refractivity contribution in [2.24, 2.45) is 0 Å². The molecule has 422 valence electrons. The van der Waals surface area contributed by atoms with Gasteiger partial charge in [-0.2, -0.15) is 0 Å². The number of benzene rings is 5. The zero-order valence-electron chi connectivity index (χ0n) is 46.9. The van der Waals surface area contributed by atoms with Gasteiger partial charge in [-0.05, 0) is 90.6 Å².